The predicted molar refractivity (Wildman–Crippen MR) is 73.7 cm³/mol. The summed E-state index contributed by atoms with van der Waals surface area (Å²) in [5, 5.41) is 3.38. The van der Waals surface area contributed by atoms with Gasteiger partial charge in [-0.25, -0.2) is 0 Å². The number of amides is 1. The third kappa shape index (κ3) is 2.78. The van der Waals surface area contributed by atoms with E-state index < -0.39 is 0 Å². The maximum absolute atomic E-state index is 12.2. The molecule has 0 radical (unpaired) electrons. The molecule has 2 aliphatic heterocycles. The Morgan fingerprint density at radius 2 is 2.16 bits per heavy atom. The van der Waals surface area contributed by atoms with Crippen LogP contribution < -0.4 is 5.32 Å². The lowest BCUT2D eigenvalue weighted by Crippen LogP contribution is -2.39. The van der Waals surface area contributed by atoms with Crippen LogP contribution >= 0.6 is 0 Å². The lowest BCUT2D eigenvalue weighted by atomic mass is 9.78. The Kier molecular flexibility index (Phi) is 3.51. The van der Waals surface area contributed by atoms with E-state index in [4.69, 9.17) is 0 Å². The molecule has 2 fully saturated rings. The van der Waals surface area contributed by atoms with Gasteiger partial charge in [-0.3, -0.25) is 9.78 Å². The summed E-state index contributed by atoms with van der Waals surface area (Å²) in [5.74, 6) is 0.331. The molecule has 0 atom stereocenters. The van der Waals surface area contributed by atoms with Crippen molar-refractivity contribution in [3.63, 3.8) is 0 Å². The third-order valence-electron chi connectivity index (χ3n) is 4.43. The Morgan fingerprint density at radius 3 is 2.89 bits per heavy atom. The van der Waals surface area contributed by atoms with E-state index in [1.165, 1.54) is 0 Å². The molecule has 1 spiro atoms. The predicted octanol–water partition coefficient (Wildman–Crippen LogP) is 1.23. The Hall–Kier alpha value is -1.42. The van der Waals surface area contributed by atoms with Gasteiger partial charge in [-0.05, 0) is 43.5 Å². The first-order valence-corrected chi connectivity index (χ1v) is 7.16. The van der Waals surface area contributed by atoms with Gasteiger partial charge in [0.05, 0.1) is 0 Å². The number of rotatable bonds is 3. The average Bonchev–Trinajstić information content (AvgIpc) is 2.74. The minimum absolute atomic E-state index is 0.256. The molecule has 102 valence electrons. The third-order valence-corrected chi connectivity index (χ3v) is 4.43. The number of aromatic nitrogens is 1. The molecule has 3 rings (SSSR count). The van der Waals surface area contributed by atoms with Gasteiger partial charge in [0.1, 0.15) is 0 Å². The number of likely N-dealkylation sites (tertiary alicyclic amines) is 1. The number of piperidine rings is 1. The Balaban J connectivity index is 1.58. The molecule has 3 heterocycles. The van der Waals surface area contributed by atoms with E-state index >= 15 is 0 Å². The first-order valence-electron chi connectivity index (χ1n) is 7.16. The summed E-state index contributed by atoms with van der Waals surface area (Å²) in [6.07, 6.45) is 5.70. The smallest absolute Gasteiger partial charge is 0.223 e. The van der Waals surface area contributed by atoms with Crippen molar-refractivity contribution in [2.24, 2.45) is 5.41 Å². The normalized spacial score (nSPS) is 22.1. The van der Waals surface area contributed by atoms with E-state index in [1.54, 1.807) is 0 Å². The summed E-state index contributed by atoms with van der Waals surface area (Å²) in [5.41, 5.74) is 1.33. The van der Waals surface area contributed by atoms with E-state index in [1.807, 2.05) is 29.3 Å². The van der Waals surface area contributed by atoms with Gasteiger partial charge in [0.25, 0.3) is 0 Å². The fourth-order valence-corrected chi connectivity index (χ4v) is 3.27. The van der Waals surface area contributed by atoms with Crippen molar-refractivity contribution >= 4 is 5.91 Å². The van der Waals surface area contributed by atoms with Gasteiger partial charge in [-0.1, -0.05) is 6.07 Å². The van der Waals surface area contributed by atoms with E-state index in [9.17, 15) is 4.79 Å². The van der Waals surface area contributed by atoms with Gasteiger partial charge >= 0.3 is 0 Å². The molecule has 0 unspecified atom stereocenters. The molecule has 0 saturated carbocycles. The summed E-state index contributed by atoms with van der Waals surface area (Å²) in [6.45, 7) is 3.87. The van der Waals surface area contributed by atoms with Crippen LogP contribution in [0.3, 0.4) is 0 Å². The van der Waals surface area contributed by atoms with Gasteiger partial charge in [-0.15, -0.1) is 0 Å². The molecule has 1 aromatic heterocycles. The molecular weight excluding hydrogens is 238 g/mol. The standard InChI is InChI=1S/C15H21N3O/c19-14-11-15(5-8-16-9-6-15)12-18(14)10-4-13-3-1-2-7-17-13/h1-3,7,16H,4-6,8-12H2. The Labute approximate surface area is 114 Å². The van der Waals surface area contributed by atoms with Crippen molar-refractivity contribution in [1.29, 1.82) is 0 Å². The van der Waals surface area contributed by atoms with E-state index in [0.29, 0.717) is 5.91 Å². The topological polar surface area (TPSA) is 45.2 Å². The molecule has 1 N–H and O–H groups in total. The van der Waals surface area contributed by atoms with Gasteiger partial charge in [0.2, 0.25) is 5.91 Å². The second-order valence-corrected chi connectivity index (χ2v) is 5.81. The van der Waals surface area contributed by atoms with Gasteiger partial charge in [0.15, 0.2) is 0 Å². The van der Waals surface area contributed by atoms with Crippen molar-refractivity contribution in [2.45, 2.75) is 25.7 Å². The average molecular weight is 259 g/mol. The summed E-state index contributed by atoms with van der Waals surface area (Å²) in [6, 6.07) is 5.96. The number of nitrogens with zero attached hydrogens (tertiary/aromatic N) is 2. The van der Waals surface area contributed by atoms with Gasteiger partial charge < -0.3 is 10.2 Å². The second kappa shape index (κ2) is 5.29. The highest BCUT2D eigenvalue weighted by Crippen LogP contribution is 2.39. The molecule has 0 aliphatic carbocycles. The van der Waals surface area contributed by atoms with E-state index in [2.05, 4.69) is 10.3 Å². The number of hydrogen-bond acceptors (Lipinski definition) is 3. The number of nitrogens with one attached hydrogen (secondary N) is 1. The molecule has 1 amide bonds. The van der Waals surface area contributed by atoms with E-state index in [-0.39, 0.29) is 5.41 Å². The number of pyridine rings is 1. The molecule has 1 aromatic rings. The van der Waals surface area contributed by atoms with Gasteiger partial charge in [-0.2, -0.15) is 0 Å². The lowest BCUT2D eigenvalue weighted by molar-refractivity contribution is -0.127. The zero-order valence-electron chi connectivity index (χ0n) is 11.3. The highest BCUT2D eigenvalue weighted by atomic mass is 16.2. The molecule has 19 heavy (non-hydrogen) atoms. The van der Waals surface area contributed by atoms with Crippen molar-refractivity contribution in [1.82, 2.24) is 15.2 Å². The van der Waals surface area contributed by atoms with Crippen LogP contribution in [0.25, 0.3) is 0 Å². The zero-order chi connectivity index (χ0) is 13.1. The first kappa shape index (κ1) is 12.6. The quantitative estimate of drug-likeness (QED) is 0.888. The van der Waals surface area contributed by atoms with Gasteiger partial charge in [0, 0.05) is 37.8 Å². The van der Waals surface area contributed by atoms with Crippen LogP contribution in [0, 0.1) is 5.41 Å². The molecule has 4 heteroatoms. The van der Waals surface area contributed by atoms with Crippen LogP contribution in [0.5, 0.6) is 0 Å². The lowest BCUT2D eigenvalue weighted by Gasteiger charge is -2.33. The fraction of sp³-hybridized carbons (Fsp3) is 0.600. The van der Waals surface area contributed by atoms with Crippen LogP contribution in [0.1, 0.15) is 25.0 Å². The molecule has 4 nitrogen and oxygen atoms in total. The molecule has 2 aliphatic rings. The molecule has 0 aromatic carbocycles. The maximum atomic E-state index is 12.2. The summed E-state index contributed by atoms with van der Waals surface area (Å²) >= 11 is 0. The SMILES string of the molecule is O=C1CC2(CCNCC2)CN1CCc1ccccn1. The van der Waals surface area contributed by atoms with Crippen LogP contribution in [-0.4, -0.2) is 42.0 Å². The Morgan fingerprint density at radius 1 is 1.32 bits per heavy atom. The Bertz CT molecular complexity index is 440. The number of carbonyl (C=O) groups is 1. The molecule has 2 saturated heterocycles. The molecule has 0 bridgehead atoms. The number of hydrogen-bond donors (Lipinski definition) is 1. The monoisotopic (exact) mass is 259 g/mol. The number of carbonyl (C=O) groups excluding carboxylic acids is 1. The van der Waals surface area contributed by atoms with Crippen LogP contribution in [0.2, 0.25) is 0 Å². The zero-order valence-corrected chi connectivity index (χ0v) is 11.3. The maximum Gasteiger partial charge on any atom is 0.223 e. The van der Waals surface area contributed by atoms with Crippen LogP contribution in [-0.2, 0) is 11.2 Å². The summed E-state index contributed by atoms with van der Waals surface area (Å²) < 4.78 is 0. The summed E-state index contributed by atoms with van der Waals surface area (Å²) in [4.78, 5) is 18.5. The van der Waals surface area contributed by atoms with E-state index in [0.717, 1.165) is 57.6 Å². The largest absolute Gasteiger partial charge is 0.342 e. The fourth-order valence-electron chi connectivity index (χ4n) is 3.27. The van der Waals surface area contributed by atoms with Crippen molar-refractivity contribution < 1.29 is 4.79 Å². The first-order chi connectivity index (χ1) is 9.27. The minimum atomic E-state index is 0.256. The van der Waals surface area contributed by atoms with Crippen molar-refractivity contribution in [3.8, 4) is 0 Å². The second-order valence-electron chi connectivity index (χ2n) is 5.81. The summed E-state index contributed by atoms with van der Waals surface area (Å²) in [7, 11) is 0. The van der Waals surface area contributed by atoms with Crippen LogP contribution in [0.4, 0.5) is 0 Å². The van der Waals surface area contributed by atoms with Crippen LogP contribution in [0.15, 0.2) is 24.4 Å². The minimum Gasteiger partial charge on any atom is -0.342 e. The highest BCUT2D eigenvalue weighted by Gasteiger charge is 2.43. The highest BCUT2D eigenvalue weighted by molar-refractivity contribution is 5.79. The van der Waals surface area contributed by atoms with Crippen molar-refractivity contribution in [3.05, 3.63) is 30.1 Å². The molecular formula is C15H21N3O. The van der Waals surface area contributed by atoms with Crippen molar-refractivity contribution in [2.75, 3.05) is 26.2 Å².